The molecule has 13 heteroatoms. The number of carbonyl (C=O) groups is 1. The van der Waals surface area contributed by atoms with E-state index in [-0.39, 0.29) is 11.3 Å². The van der Waals surface area contributed by atoms with Crippen LogP contribution in [0.4, 0.5) is 18.9 Å². The third kappa shape index (κ3) is 8.60. The van der Waals surface area contributed by atoms with Gasteiger partial charge in [-0.2, -0.15) is 5.10 Å². The maximum absolute atomic E-state index is 12.4. The highest BCUT2D eigenvalue weighted by atomic mass is 32.2. The normalized spacial score (nSPS) is 12.0. The van der Waals surface area contributed by atoms with Crippen LogP contribution in [0.25, 0.3) is 17.1 Å². The minimum atomic E-state index is -4.76. The van der Waals surface area contributed by atoms with Crippen LogP contribution in [-0.2, 0) is 5.75 Å². The number of para-hydroxylation sites is 1. The Balaban J connectivity index is 1.26. The number of carboxylic acid groups (broad SMARTS) is 1. The zero-order valence-electron chi connectivity index (χ0n) is 24.6. The Bertz CT molecular complexity index is 1850. The average Bonchev–Trinajstić information content (AvgIpc) is 3.52. The zero-order chi connectivity index (χ0) is 32.7. The van der Waals surface area contributed by atoms with Gasteiger partial charge in [0.2, 0.25) is 0 Å². The van der Waals surface area contributed by atoms with Crippen molar-refractivity contribution in [2.45, 2.75) is 26.0 Å². The fourth-order valence-electron chi connectivity index (χ4n) is 4.27. The van der Waals surface area contributed by atoms with Crippen molar-refractivity contribution in [1.82, 2.24) is 20.2 Å². The van der Waals surface area contributed by atoms with Gasteiger partial charge < -0.3 is 9.84 Å². The van der Waals surface area contributed by atoms with Crippen molar-refractivity contribution in [3.05, 3.63) is 125 Å². The fourth-order valence-corrected chi connectivity index (χ4v) is 5.04. The Hall–Kier alpha value is -5.43. The van der Waals surface area contributed by atoms with E-state index in [9.17, 15) is 18.0 Å². The monoisotopic (exact) mass is 644 g/mol. The Morgan fingerprint density at radius 2 is 1.65 bits per heavy atom. The summed E-state index contributed by atoms with van der Waals surface area (Å²) in [6, 6.07) is 25.4. The molecule has 0 aliphatic rings. The van der Waals surface area contributed by atoms with Gasteiger partial charge in [0.25, 0.3) is 0 Å². The van der Waals surface area contributed by atoms with E-state index in [2.05, 4.69) is 25.3 Å². The number of hydrogen-bond acceptors (Lipinski definition) is 7. The molecule has 4 aromatic carbocycles. The summed E-state index contributed by atoms with van der Waals surface area (Å²) in [4.78, 5) is 20.3. The first kappa shape index (κ1) is 32.0. The summed E-state index contributed by atoms with van der Waals surface area (Å²) in [5.74, 6) is -0.309. The van der Waals surface area contributed by atoms with Gasteiger partial charge in [-0.1, -0.05) is 66.4 Å². The number of alkyl halides is 3. The molecule has 0 saturated heterocycles. The van der Waals surface area contributed by atoms with Gasteiger partial charge in [0.1, 0.15) is 12.1 Å². The van der Waals surface area contributed by atoms with Crippen molar-refractivity contribution in [3.8, 4) is 22.8 Å². The lowest BCUT2D eigenvalue weighted by Crippen LogP contribution is -2.17. The molecule has 1 aromatic heterocycles. The molecule has 234 valence electrons. The number of amidine groups is 1. The lowest BCUT2D eigenvalue weighted by Gasteiger charge is -2.09. The Morgan fingerprint density at radius 1 is 0.978 bits per heavy atom. The van der Waals surface area contributed by atoms with Crippen LogP contribution in [-0.4, -0.2) is 43.6 Å². The van der Waals surface area contributed by atoms with Gasteiger partial charge in [-0.25, -0.2) is 19.5 Å². The van der Waals surface area contributed by atoms with E-state index < -0.39 is 12.3 Å². The summed E-state index contributed by atoms with van der Waals surface area (Å²) >= 11 is 1.44. The second-order valence-corrected chi connectivity index (χ2v) is 11.0. The van der Waals surface area contributed by atoms with E-state index in [4.69, 9.17) is 10.1 Å². The Kier molecular flexibility index (Phi) is 9.82. The number of aromatic carboxylic acids is 1. The van der Waals surface area contributed by atoms with Crippen LogP contribution in [0.1, 0.15) is 32.6 Å². The van der Waals surface area contributed by atoms with Crippen molar-refractivity contribution in [3.63, 3.8) is 0 Å². The number of aryl methyl sites for hydroxylation is 2. The lowest BCUT2D eigenvalue weighted by atomic mass is 10.1. The number of carboxylic acids is 1. The average molecular weight is 645 g/mol. The predicted molar refractivity (Wildman–Crippen MR) is 172 cm³/mol. The molecule has 0 atom stereocenters. The highest BCUT2D eigenvalue weighted by Gasteiger charge is 2.31. The van der Waals surface area contributed by atoms with E-state index in [1.165, 1.54) is 47.0 Å². The van der Waals surface area contributed by atoms with Crippen LogP contribution >= 0.6 is 11.8 Å². The molecule has 0 fully saturated rings. The van der Waals surface area contributed by atoms with Crippen LogP contribution in [0.2, 0.25) is 0 Å². The number of ether oxygens (including phenoxy) is 1. The summed E-state index contributed by atoms with van der Waals surface area (Å²) in [5, 5.41) is 18.6. The van der Waals surface area contributed by atoms with Gasteiger partial charge in [-0.05, 0) is 72.5 Å². The standard InChI is InChI=1S/C33H27F3N6O3S/c1-21-4-3-5-22(2)29(21)39-32(46-19-24-8-12-26(13-9-24)31(43)44)40-38-18-23-6-10-25(11-7-23)30-37-20-42(41-30)27-14-16-28(17-15-27)45-33(34,35)36/h3-18,20H,19H2,1-2H3,(H,39,40)(H,43,44)/b38-18-. The van der Waals surface area contributed by atoms with Crippen LogP contribution in [0.15, 0.2) is 107 Å². The van der Waals surface area contributed by atoms with Crippen molar-refractivity contribution in [1.29, 1.82) is 0 Å². The molecule has 46 heavy (non-hydrogen) atoms. The zero-order valence-corrected chi connectivity index (χ0v) is 25.4. The number of benzene rings is 4. The molecular weight excluding hydrogens is 617 g/mol. The number of rotatable bonds is 9. The molecule has 1 heterocycles. The summed E-state index contributed by atoms with van der Waals surface area (Å²) in [6.45, 7) is 3.98. The second-order valence-electron chi connectivity index (χ2n) is 9.99. The number of nitrogens with one attached hydrogen (secondary N) is 1. The third-order valence-corrected chi connectivity index (χ3v) is 7.53. The molecular formula is C33H27F3N6O3S. The lowest BCUT2D eigenvalue weighted by molar-refractivity contribution is -0.274. The smallest absolute Gasteiger partial charge is 0.478 e. The molecule has 0 unspecified atom stereocenters. The maximum atomic E-state index is 12.4. The Labute approximate surface area is 266 Å². The second kappa shape index (κ2) is 14.1. The van der Waals surface area contributed by atoms with Crippen molar-refractivity contribution >= 4 is 34.8 Å². The molecule has 5 aromatic rings. The van der Waals surface area contributed by atoms with Crippen LogP contribution in [0, 0.1) is 13.8 Å². The largest absolute Gasteiger partial charge is 0.573 e. The molecule has 9 nitrogen and oxygen atoms in total. The summed E-state index contributed by atoms with van der Waals surface area (Å²) < 4.78 is 42.7. The van der Waals surface area contributed by atoms with Gasteiger partial charge in [0, 0.05) is 11.3 Å². The van der Waals surface area contributed by atoms with Crippen molar-refractivity contribution < 1.29 is 27.8 Å². The van der Waals surface area contributed by atoms with Gasteiger partial charge in [0.05, 0.1) is 23.2 Å². The first-order chi connectivity index (χ1) is 22.0. The third-order valence-electron chi connectivity index (χ3n) is 6.60. The minimum absolute atomic E-state index is 0.226. The van der Waals surface area contributed by atoms with E-state index in [1.54, 1.807) is 30.5 Å². The van der Waals surface area contributed by atoms with E-state index >= 15 is 0 Å². The molecule has 0 saturated carbocycles. The van der Waals surface area contributed by atoms with Crippen molar-refractivity contribution in [2.24, 2.45) is 10.1 Å². The van der Waals surface area contributed by atoms with E-state index in [1.807, 2.05) is 56.3 Å². The Morgan fingerprint density at radius 3 is 2.28 bits per heavy atom. The first-order valence-corrected chi connectivity index (χ1v) is 14.8. The number of aromatic nitrogens is 3. The highest BCUT2D eigenvalue weighted by molar-refractivity contribution is 8.13. The van der Waals surface area contributed by atoms with E-state index in [0.29, 0.717) is 22.4 Å². The number of nitrogens with zero attached hydrogens (tertiary/aromatic N) is 5. The molecule has 0 aliphatic carbocycles. The van der Waals surface area contributed by atoms with Crippen LogP contribution in [0.3, 0.4) is 0 Å². The predicted octanol–water partition coefficient (Wildman–Crippen LogP) is 7.69. The number of hydrazone groups is 1. The SMILES string of the molecule is Cc1cccc(C)c1N=C(N/N=C\c1ccc(-c2ncn(-c3ccc(OC(F)(F)F)cc3)n2)cc1)SCc1ccc(C(=O)O)cc1. The molecule has 0 spiro atoms. The molecule has 0 aliphatic heterocycles. The molecule has 0 bridgehead atoms. The first-order valence-electron chi connectivity index (χ1n) is 13.8. The van der Waals surface area contributed by atoms with Crippen LogP contribution < -0.4 is 10.2 Å². The number of hydrogen-bond donors (Lipinski definition) is 2. The quantitative estimate of drug-likeness (QED) is 0.0961. The maximum Gasteiger partial charge on any atom is 0.573 e. The van der Waals surface area contributed by atoms with Gasteiger partial charge in [-0.15, -0.1) is 18.3 Å². The molecule has 5 rings (SSSR count). The number of aliphatic imine (C=N–C) groups is 1. The van der Waals surface area contributed by atoms with Gasteiger partial charge >= 0.3 is 12.3 Å². The molecule has 0 radical (unpaired) electrons. The van der Waals surface area contributed by atoms with Gasteiger partial charge in [-0.3, -0.25) is 5.43 Å². The summed E-state index contributed by atoms with van der Waals surface area (Å²) in [6.07, 6.45) is -1.63. The van der Waals surface area contributed by atoms with Gasteiger partial charge in [0.15, 0.2) is 11.0 Å². The molecule has 2 N–H and O–H groups in total. The van der Waals surface area contributed by atoms with Crippen molar-refractivity contribution in [2.75, 3.05) is 0 Å². The van der Waals surface area contributed by atoms with E-state index in [0.717, 1.165) is 33.5 Å². The highest BCUT2D eigenvalue weighted by Crippen LogP contribution is 2.26. The molecule has 0 amide bonds. The topological polar surface area (TPSA) is 114 Å². The number of halogens is 3. The number of thioether (sulfide) groups is 1. The summed E-state index contributed by atoms with van der Waals surface area (Å²) in [7, 11) is 0. The van der Waals surface area contributed by atoms with Crippen LogP contribution in [0.5, 0.6) is 5.75 Å². The summed E-state index contributed by atoms with van der Waals surface area (Å²) in [5.41, 5.74) is 9.16. The fraction of sp³-hybridized carbons (Fsp3) is 0.121. The minimum Gasteiger partial charge on any atom is -0.478 e.